The van der Waals surface area contributed by atoms with Crippen molar-refractivity contribution in [2.45, 2.75) is 25.9 Å². The summed E-state index contributed by atoms with van der Waals surface area (Å²) in [4.78, 5) is 14.9. The first-order valence-electron chi connectivity index (χ1n) is 9.58. The average Bonchev–Trinajstić information content (AvgIpc) is 3.12. The van der Waals surface area contributed by atoms with Gasteiger partial charge in [-0.25, -0.2) is 4.39 Å². The van der Waals surface area contributed by atoms with E-state index in [2.05, 4.69) is 34.5 Å². The molecule has 1 atom stereocenters. The minimum Gasteiger partial charge on any atom is -0.367 e. The van der Waals surface area contributed by atoms with Crippen LogP contribution in [-0.2, 0) is 13.0 Å². The predicted molar refractivity (Wildman–Crippen MR) is 110 cm³/mol. The molecule has 3 aromatic rings. The van der Waals surface area contributed by atoms with Gasteiger partial charge in [0.1, 0.15) is 5.82 Å². The number of amides is 1. The quantitative estimate of drug-likeness (QED) is 0.690. The number of benzene rings is 3. The molecule has 4 heteroatoms. The third kappa shape index (κ3) is 3.91. The van der Waals surface area contributed by atoms with Gasteiger partial charge in [-0.05, 0) is 60.4 Å². The molecule has 28 heavy (non-hydrogen) atoms. The minimum absolute atomic E-state index is 0.130. The summed E-state index contributed by atoms with van der Waals surface area (Å²) in [6.45, 7) is 3.76. The van der Waals surface area contributed by atoms with Gasteiger partial charge in [-0.2, -0.15) is 0 Å². The van der Waals surface area contributed by atoms with E-state index in [1.807, 2.05) is 31.2 Å². The average molecular weight is 374 g/mol. The topological polar surface area (TPSA) is 32.3 Å². The molecule has 142 valence electrons. The van der Waals surface area contributed by atoms with Gasteiger partial charge < -0.3 is 10.2 Å². The number of rotatable bonds is 5. The Morgan fingerprint density at radius 3 is 2.50 bits per heavy atom. The summed E-state index contributed by atoms with van der Waals surface area (Å²) in [5, 5.41) is 2.97. The zero-order valence-electron chi connectivity index (χ0n) is 15.9. The summed E-state index contributed by atoms with van der Waals surface area (Å²) in [5.74, 6) is -0.409. The predicted octanol–water partition coefficient (Wildman–Crippen LogP) is 4.88. The first kappa shape index (κ1) is 18.2. The summed E-state index contributed by atoms with van der Waals surface area (Å²) < 4.78 is 13.1. The summed E-state index contributed by atoms with van der Waals surface area (Å²) in [7, 11) is 0. The number of carbonyl (C=O) groups is 1. The molecule has 3 nitrogen and oxygen atoms in total. The highest BCUT2D eigenvalue weighted by Crippen LogP contribution is 2.28. The Morgan fingerprint density at radius 1 is 1.04 bits per heavy atom. The van der Waals surface area contributed by atoms with E-state index in [0.717, 1.165) is 25.1 Å². The molecule has 0 radical (unpaired) electrons. The lowest BCUT2D eigenvalue weighted by atomic mass is 10.1. The van der Waals surface area contributed by atoms with Gasteiger partial charge in [0.2, 0.25) is 0 Å². The summed E-state index contributed by atoms with van der Waals surface area (Å²) >= 11 is 0. The molecule has 0 fully saturated rings. The summed E-state index contributed by atoms with van der Waals surface area (Å²) in [5.41, 5.74) is 5.38. The second-order valence-electron chi connectivity index (χ2n) is 7.24. The molecule has 0 saturated carbocycles. The van der Waals surface area contributed by atoms with E-state index in [0.29, 0.717) is 5.56 Å². The Hall–Kier alpha value is -3.14. The van der Waals surface area contributed by atoms with Gasteiger partial charge >= 0.3 is 0 Å². The third-order valence-corrected chi connectivity index (χ3v) is 5.29. The maximum Gasteiger partial charge on any atom is 0.251 e. The lowest BCUT2D eigenvalue weighted by Gasteiger charge is -2.19. The van der Waals surface area contributed by atoms with Gasteiger partial charge in [-0.1, -0.05) is 42.5 Å². The molecule has 1 N–H and O–H groups in total. The number of anilines is 1. The van der Waals surface area contributed by atoms with Gasteiger partial charge in [0.25, 0.3) is 5.91 Å². The van der Waals surface area contributed by atoms with Gasteiger partial charge in [0, 0.05) is 24.3 Å². The Labute approximate surface area is 164 Å². The number of carbonyl (C=O) groups excluding carboxylic acids is 1. The first-order valence-corrected chi connectivity index (χ1v) is 9.58. The minimum atomic E-state index is -0.279. The summed E-state index contributed by atoms with van der Waals surface area (Å²) in [6.07, 6.45) is 1.08. The largest absolute Gasteiger partial charge is 0.367 e. The van der Waals surface area contributed by atoms with Crippen molar-refractivity contribution in [1.29, 1.82) is 0 Å². The Bertz CT molecular complexity index is 967. The normalized spacial score (nSPS) is 13.9. The number of hydrogen-bond acceptors (Lipinski definition) is 2. The molecule has 0 unspecified atom stereocenters. The van der Waals surface area contributed by atoms with Crippen molar-refractivity contribution in [3.8, 4) is 0 Å². The van der Waals surface area contributed by atoms with Crippen LogP contribution in [0, 0.1) is 5.82 Å². The van der Waals surface area contributed by atoms with Gasteiger partial charge in [-0.3, -0.25) is 4.79 Å². The third-order valence-electron chi connectivity index (χ3n) is 5.29. The molecule has 0 aliphatic carbocycles. The lowest BCUT2D eigenvalue weighted by Crippen LogP contribution is -2.26. The SMILES string of the molecule is C[C@H](NC(=O)c1ccc(CN2CCc3ccccc32)cc1)c1ccc(F)cc1. The number of para-hydroxylation sites is 1. The second kappa shape index (κ2) is 7.85. The number of fused-ring (bicyclic) bond motifs is 1. The van der Waals surface area contributed by atoms with E-state index in [9.17, 15) is 9.18 Å². The molecule has 0 spiro atoms. The molecule has 0 aromatic heterocycles. The van der Waals surface area contributed by atoms with Crippen LogP contribution in [-0.4, -0.2) is 12.5 Å². The van der Waals surface area contributed by atoms with Crippen LogP contribution in [0.1, 0.15) is 40.0 Å². The zero-order chi connectivity index (χ0) is 19.5. The van der Waals surface area contributed by atoms with E-state index >= 15 is 0 Å². The van der Waals surface area contributed by atoms with Crippen molar-refractivity contribution in [1.82, 2.24) is 5.32 Å². The maximum atomic E-state index is 13.1. The molecule has 1 heterocycles. The number of halogens is 1. The molecule has 3 aromatic carbocycles. The Kier molecular flexibility index (Phi) is 5.11. The maximum absolute atomic E-state index is 13.1. The highest BCUT2D eigenvalue weighted by molar-refractivity contribution is 5.94. The summed E-state index contributed by atoms with van der Waals surface area (Å²) in [6, 6.07) is 22.3. The van der Waals surface area contributed by atoms with Crippen LogP contribution in [0.3, 0.4) is 0 Å². The van der Waals surface area contributed by atoms with E-state index in [4.69, 9.17) is 0 Å². The molecule has 0 saturated heterocycles. The van der Waals surface area contributed by atoms with Crippen molar-refractivity contribution in [2.75, 3.05) is 11.4 Å². The van der Waals surface area contributed by atoms with Crippen LogP contribution in [0.25, 0.3) is 0 Å². The highest BCUT2D eigenvalue weighted by atomic mass is 19.1. The molecular weight excluding hydrogens is 351 g/mol. The van der Waals surface area contributed by atoms with E-state index in [1.165, 1.54) is 28.9 Å². The number of hydrogen-bond donors (Lipinski definition) is 1. The van der Waals surface area contributed by atoms with Crippen LogP contribution in [0.2, 0.25) is 0 Å². The smallest absolute Gasteiger partial charge is 0.251 e. The van der Waals surface area contributed by atoms with Crippen molar-refractivity contribution < 1.29 is 9.18 Å². The molecule has 4 rings (SSSR count). The van der Waals surface area contributed by atoms with Gasteiger partial charge in [0.05, 0.1) is 6.04 Å². The van der Waals surface area contributed by atoms with Crippen molar-refractivity contribution in [2.24, 2.45) is 0 Å². The monoisotopic (exact) mass is 374 g/mol. The van der Waals surface area contributed by atoms with Crippen LogP contribution in [0.4, 0.5) is 10.1 Å². The molecule has 1 amide bonds. The van der Waals surface area contributed by atoms with Crippen LogP contribution < -0.4 is 10.2 Å². The molecular formula is C24H23FN2O. The molecule has 1 aliphatic rings. The van der Waals surface area contributed by atoms with Crippen LogP contribution in [0.5, 0.6) is 0 Å². The highest BCUT2D eigenvalue weighted by Gasteiger charge is 2.18. The Morgan fingerprint density at radius 2 is 1.75 bits per heavy atom. The lowest BCUT2D eigenvalue weighted by molar-refractivity contribution is 0.0940. The fourth-order valence-corrected chi connectivity index (χ4v) is 3.67. The van der Waals surface area contributed by atoms with E-state index in [-0.39, 0.29) is 17.8 Å². The fourth-order valence-electron chi connectivity index (χ4n) is 3.67. The van der Waals surface area contributed by atoms with Crippen molar-refractivity contribution in [3.63, 3.8) is 0 Å². The molecule has 1 aliphatic heterocycles. The van der Waals surface area contributed by atoms with Gasteiger partial charge in [0.15, 0.2) is 0 Å². The fraction of sp³-hybridized carbons (Fsp3) is 0.208. The van der Waals surface area contributed by atoms with Gasteiger partial charge in [-0.15, -0.1) is 0 Å². The Balaban J connectivity index is 1.39. The number of nitrogens with one attached hydrogen (secondary N) is 1. The van der Waals surface area contributed by atoms with E-state index < -0.39 is 0 Å². The first-order chi connectivity index (χ1) is 13.6. The second-order valence-corrected chi connectivity index (χ2v) is 7.24. The van der Waals surface area contributed by atoms with Crippen molar-refractivity contribution in [3.05, 3.63) is 101 Å². The van der Waals surface area contributed by atoms with Crippen LogP contribution in [0.15, 0.2) is 72.8 Å². The molecule has 0 bridgehead atoms. The number of nitrogens with zero attached hydrogens (tertiary/aromatic N) is 1. The van der Waals surface area contributed by atoms with Crippen molar-refractivity contribution >= 4 is 11.6 Å². The standard InChI is InChI=1S/C24H23FN2O/c1-17(19-10-12-22(25)13-11-19)26-24(28)21-8-6-18(7-9-21)16-27-15-14-20-4-2-3-5-23(20)27/h2-13,17H,14-16H2,1H3,(H,26,28)/t17-/m0/s1. The zero-order valence-corrected chi connectivity index (χ0v) is 15.9. The van der Waals surface area contributed by atoms with E-state index in [1.54, 1.807) is 12.1 Å². The van der Waals surface area contributed by atoms with Crippen LogP contribution >= 0.6 is 0 Å².